The maximum absolute atomic E-state index is 13.1. The first-order valence-electron chi connectivity index (χ1n) is 9.71. The lowest BCUT2D eigenvalue weighted by molar-refractivity contribution is 0.0707. The number of carbonyl (C=O) groups excluding carboxylic acids is 1. The van der Waals surface area contributed by atoms with Gasteiger partial charge < -0.3 is 10.0 Å². The lowest BCUT2D eigenvalue weighted by Crippen LogP contribution is -2.38. The molecule has 1 saturated heterocycles. The fraction of sp³-hybridized carbons (Fsp3) is 0.318. The summed E-state index contributed by atoms with van der Waals surface area (Å²) in [6.45, 7) is 5.16. The lowest BCUT2D eigenvalue weighted by Gasteiger charge is -2.32. The van der Waals surface area contributed by atoms with Crippen LogP contribution in [0.15, 0.2) is 42.5 Å². The van der Waals surface area contributed by atoms with Gasteiger partial charge in [-0.1, -0.05) is 23.7 Å². The van der Waals surface area contributed by atoms with Gasteiger partial charge in [0, 0.05) is 18.8 Å². The summed E-state index contributed by atoms with van der Waals surface area (Å²) in [5.41, 5.74) is 3.30. The Balaban J connectivity index is 1.51. The normalized spacial score (nSPS) is 14.9. The molecule has 0 bridgehead atoms. The van der Waals surface area contributed by atoms with E-state index in [0.717, 1.165) is 24.2 Å². The Bertz CT molecular complexity index is 1040. The van der Waals surface area contributed by atoms with Gasteiger partial charge in [0.1, 0.15) is 11.4 Å². The van der Waals surface area contributed by atoms with Crippen LogP contribution >= 0.6 is 11.6 Å². The number of carbonyl (C=O) groups is 1. The minimum atomic E-state index is -0.150. The third-order valence-corrected chi connectivity index (χ3v) is 5.71. The van der Waals surface area contributed by atoms with Gasteiger partial charge in [0.2, 0.25) is 0 Å². The largest absolute Gasteiger partial charge is 0.508 e. The summed E-state index contributed by atoms with van der Waals surface area (Å²) in [6, 6.07) is 12.8. The number of hydrogen-bond acceptors (Lipinski definition) is 4. The standard InChI is InChI=1S/C22H23ClN4O2/c1-14-13-15(2)27(25-14)20-8-7-19(23)21(24-20)22(29)26-11-9-17(10-12-26)16-3-5-18(28)6-4-16/h3-8,13,17,28H,9-12H2,1-2H3. The third-order valence-electron chi connectivity index (χ3n) is 5.41. The molecular weight excluding hydrogens is 388 g/mol. The monoisotopic (exact) mass is 410 g/mol. The van der Waals surface area contributed by atoms with Crippen LogP contribution in [0.1, 0.15) is 46.2 Å². The molecule has 150 valence electrons. The van der Waals surface area contributed by atoms with E-state index in [1.807, 2.05) is 36.9 Å². The Hall–Kier alpha value is -2.86. The van der Waals surface area contributed by atoms with Crippen LogP contribution in [-0.4, -0.2) is 43.8 Å². The Morgan fingerprint density at radius 3 is 2.41 bits per heavy atom. The van der Waals surface area contributed by atoms with Crippen molar-refractivity contribution in [2.75, 3.05) is 13.1 Å². The Morgan fingerprint density at radius 1 is 1.10 bits per heavy atom. The van der Waals surface area contributed by atoms with E-state index in [2.05, 4.69) is 10.1 Å². The van der Waals surface area contributed by atoms with Crippen LogP contribution in [0.4, 0.5) is 0 Å². The highest BCUT2D eigenvalue weighted by Crippen LogP contribution is 2.30. The van der Waals surface area contributed by atoms with E-state index in [-0.39, 0.29) is 17.4 Å². The van der Waals surface area contributed by atoms with Crippen molar-refractivity contribution in [1.29, 1.82) is 0 Å². The van der Waals surface area contributed by atoms with Gasteiger partial charge in [-0.3, -0.25) is 4.79 Å². The molecule has 6 nitrogen and oxygen atoms in total. The fourth-order valence-electron chi connectivity index (χ4n) is 3.87. The first-order chi connectivity index (χ1) is 13.9. The van der Waals surface area contributed by atoms with Gasteiger partial charge >= 0.3 is 0 Å². The van der Waals surface area contributed by atoms with Crippen LogP contribution in [0, 0.1) is 13.8 Å². The van der Waals surface area contributed by atoms with E-state index in [1.165, 1.54) is 5.56 Å². The molecular formula is C22H23ClN4O2. The summed E-state index contributed by atoms with van der Waals surface area (Å²) in [5.74, 6) is 1.08. The Kier molecular flexibility index (Phi) is 5.28. The molecule has 3 heterocycles. The number of pyridine rings is 1. The van der Waals surface area contributed by atoms with Crippen molar-refractivity contribution in [1.82, 2.24) is 19.7 Å². The van der Waals surface area contributed by atoms with Gasteiger partial charge in [-0.15, -0.1) is 0 Å². The van der Waals surface area contributed by atoms with E-state index in [9.17, 15) is 9.90 Å². The maximum Gasteiger partial charge on any atom is 0.274 e. The molecule has 1 N–H and O–H groups in total. The van der Waals surface area contributed by atoms with Gasteiger partial charge in [0.05, 0.1) is 10.7 Å². The van der Waals surface area contributed by atoms with Crippen molar-refractivity contribution in [3.8, 4) is 11.6 Å². The minimum absolute atomic E-state index is 0.150. The van der Waals surface area contributed by atoms with Crippen molar-refractivity contribution < 1.29 is 9.90 Å². The molecule has 0 unspecified atom stereocenters. The first kappa shape index (κ1) is 19.5. The fourth-order valence-corrected chi connectivity index (χ4v) is 4.06. The molecule has 1 amide bonds. The SMILES string of the molecule is Cc1cc(C)n(-c2ccc(Cl)c(C(=O)N3CCC(c4ccc(O)cc4)CC3)n2)n1. The number of aromatic nitrogens is 3. The molecule has 1 fully saturated rings. The minimum Gasteiger partial charge on any atom is -0.508 e. The number of likely N-dealkylation sites (tertiary alicyclic amines) is 1. The molecule has 0 atom stereocenters. The summed E-state index contributed by atoms with van der Waals surface area (Å²) in [4.78, 5) is 19.4. The highest BCUT2D eigenvalue weighted by atomic mass is 35.5. The van der Waals surface area contributed by atoms with Gasteiger partial charge in [-0.25, -0.2) is 9.67 Å². The molecule has 1 aliphatic rings. The van der Waals surface area contributed by atoms with Crippen LogP contribution in [0.3, 0.4) is 0 Å². The summed E-state index contributed by atoms with van der Waals surface area (Å²) in [6.07, 6.45) is 1.73. The molecule has 2 aromatic heterocycles. The predicted molar refractivity (Wildman–Crippen MR) is 112 cm³/mol. The number of benzene rings is 1. The second-order valence-electron chi connectivity index (χ2n) is 7.50. The zero-order valence-electron chi connectivity index (χ0n) is 16.5. The van der Waals surface area contributed by atoms with Crippen molar-refractivity contribution in [2.45, 2.75) is 32.6 Å². The van der Waals surface area contributed by atoms with Gasteiger partial charge in [-0.2, -0.15) is 5.10 Å². The molecule has 1 aromatic carbocycles. The summed E-state index contributed by atoms with van der Waals surface area (Å²) < 4.78 is 1.72. The number of amides is 1. The number of phenols is 1. The molecule has 29 heavy (non-hydrogen) atoms. The molecule has 4 rings (SSSR count). The predicted octanol–water partition coefficient (Wildman–Crippen LogP) is 4.26. The van der Waals surface area contributed by atoms with Gasteiger partial charge in [0.15, 0.2) is 5.82 Å². The van der Waals surface area contributed by atoms with E-state index in [1.54, 1.807) is 28.9 Å². The number of rotatable bonds is 3. The Morgan fingerprint density at radius 2 is 1.79 bits per heavy atom. The molecule has 7 heteroatoms. The molecule has 1 aliphatic heterocycles. The van der Waals surface area contributed by atoms with E-state index in [4.69, 9.17) is 11.6 Å². The number of phenolic OH excluding ortho intramolecular Hbond substituents is 1. The third kappa shape index (κ3) is 3.98. The average Bonchev–Trinajstić information content (AvgIpc) is 3.06. The second-order valence-corrected chi connectivity index (χ2v) is 7.90. The second kappa shape index (κ2) is 7.87. The topological polar surface area (TPSA) is 71.2 Å². The average molecular weight is 411 g/mol. The highest BCUT2D eigenvalue weighted by Gasteiger charge is 2.27. The number of aromatic hydroxyl groups is 1. The number of nitrogens with zero attached hydrogens (tertiary/aromatic N) is 4. The number of halogens is 1. The van der Waals surface area contributed by atoms with Crippen LogP contribution in [0.25, 0.3) is 5.82 Å². The molecule has 0 radical (unpaired) electrons. The first-order valence-corrected chi connectivity index (χ1v) is 10.1. The van der Waals surface area contributed by atoms with Crippen molar-refractivity contribution in [3.63, 3.8) is 0 Å². The summed E-state index contributed by atoms with van der Waals surface area (Å²) in [5, 5.41) is 14.3. The smallest absolute Gasteiger partial charge is 0.274 e. The quantitative estimate of drug-likeness (QED) is 0.700. The van der Waals surface area contributed by atoms with Crippen LogP contribution in [0.5, 0.6) is 5.75 Å². The van der Waals surface area contributed by atoms with E-state index >= 15 is 0 Å². The van der Waals surface area contributed by atoms with Crippen molar-refractivity contribution in [3.05, 3.63) is 70.1 Å². The van der Waals surface area contributed by atoms with Crippen molar-refractivity contribution in [2.24, 2.45) is 0 Å². The van der Waals surface area contributed by atoms with Crippen LogP contribution in [0.2, 0.25) is 5.02 Å². The number of aryl methyl sites for hydroxylation is 2. The molecule has 0 aliphatic carbocycles. The maximum atomic E-state index is 13.1. The number of piperidine rings is 1. The number of hydrogen-bond donors (Lipinski definition) is 1. The van der Waals surface area contributed by atoms with Crippen LogP contribution in [-0.2, 0) is 0 Å². The molecule has 0 spiro atoms. The Labute approximate surface area is 174 Å². The lowest BCUT2D eigenvalue weighted by atomic mass is 9.89. The molecule has 3 aromatic rings. The van der Waals surface area contributed by atoms with E-state index in [0.29, 0.717) is 29.8 Å². The highest BCUT2D eigenvalue weighted by molar-refractivity contribution is 6.33. The molecule has 0 saturated carbocycles. The van der Waals surface area contributed by atoms with Gasteiger partial charge in [-0.05, 0) is 68.5 Å². The van der Waals surface area contributed by atoms with Crippen LogP contribution < -0.4 is 0 Å². The van der Waals surface area contributed by atoms with Gasteiger partial charge in [0.25, 0.3) is 5.91 Å². The zero-order valence-corrected chi connectivity index (χ0v) is 17.2. The zero-order chi connectivity index (χ0) is 20.5. The van der Waals surface area contributed by atoms with Crippen molar-refractivity contribution >= 4 is 17.5 Å². The summed E-state index contributed by atoms with van der Waals surface area (Å²) in [7, 11) is 0. The summed E-state index contributed by atoms with van der Waals surface area (Å²) >= 11 is 6.32. The van der Waals surface area contributed by atoms with E-state index < -0.39 is 0 Å².